The highest BCUT2D eigenvalue weighted by Crippen LogP contribution is 2.16. The quantitative estimate of drug-likeness (QED) is 0.496. The zero-order valence-electron chi connectivity index (χ0n) is 8.87. The summed E-state index contributed by atoms with van der Waals surface area (Å²) in [6.45, 7) is 4.03. The molecule has 1 amide bonds. The van der Waals surface area contributed by atoms with E-state index in [-0.39, 0.29) is 5.91 Å². The van der Waals surface area contributed by atoms with Gasteiger partial charge in [0, 0.05) is 25.9 Å². The molecule has 1 aliphatic rings. The standard InChI is InChI=1S/C11H19NO2/c1-10-6-7-12(9-10)11(14)5-3-2-4-8-13/h8,10H,2-7,9H2,1H3/t10-/m0/s1. The molecule has 1 saturated heterocycles. The number of hydrogen-bond donors (Lipinski definition) is 0. The first-order chi connectivity index (χ1) is 6.74. The van der Waals surface area contributed by atoms with Crippen LogP contribution >= 0.6 is 0 Å². The van der Waals surface area contributed by atoms with E-state index in [0.717, 1.165) is 38.6 Å². The Bertz CT molecular complexity index is 203. The van der Waals surface area contributed by atoms with Gasteiger partial charge in [-0.05, 0) is 25.2 Å². The van der Waals surface area contributed by atoms with Crippen molar-refractivity contribution in [1.82, 2.24) is 4.90 Å². The van der Waals surface area contributed by atoms with E-state index in [1.807, 2.05) is 4.90 Å². The number of hydrogen-bond acceptors (Lipinski definition) is 2. The van der Waals surface area contributed by atoms with Gasteiger partial charge in [0.2, 0.25) is 5.91 Å². The average molecular weight is 197 g/mol. The van der Waals surface area contributed by atoms with E-state index in [9.17, 15) is 9.59 Å². The molecule has 0 unspecified atom stereocenters. The molecule has 1 heterocycles. The van der Waals surface area contributed by atoms with Crippen molar-refractivity contribution in [3.05, 3.63) is 0 Å². The summed E-state index contributed by atoms with van der Waals surface area (Å²) in [6.07, 6.45) is 4.95. The molecule has 1 atom stereocenters. The Morgan fingerprint density at radius 3 is 2.86 bits per heavy atom. The lowest BCUT2D eigenvalue weighted by molar-refractivity contribution is -0.130. The highest BCUT2D eigenvalue weighted by molar-refractivity contribution is 5.76. The number of aldehydes is 1. The van der Waals surface area contributed by atoms with Gasteiger partial charge in [-0.1, -0.05) is 6.92 Å². The maximum atomic E-state index is 11.6. The molecule has 0 radical (unpaired) electrons. The van der Waals surface area contributed by atoms with Gasteiger partial charge >= 0.3 is 0 Å². The van der Waals surface area contributed by atoms with Crippen LogP contribution in [0.4, 0.5) is 0 Å². The van der Waals surface area contributed by atoms with Gasteiger partial charge in [-0.2, -0.15) is 0 Å². The van der Waals surface area contributed by atoms with Gasteiger partial charge in [0.15, 0.2) is 0 Å². The van der Waals surface area contributed by atoms with Gasteiger partial charge < -0.3 is 9.69 Å². The minimum absolute atomic E-state index is 0.264. The molecule has 0 N–H and O–H groups in total. The molecule has 1 rings (SSSR count). The summed E-state index contributed by atoms with van der Waals surface area (Å²) < 4.78 is 0. The van der Waals surface area contributed by atoms with Crippen LogP contribution in [0.3, 0.4) is 0 Å². The molecule has 3 nitrogen and oxygen atoms in total. The Labute approximate surface area is 85.5 Å². The predicted octanol–water partition coefficient (Wildman–Crippen LogP) is 1.61. The first kappa shape index (κ1) is 11.2. The molecule has 0 saturated carbocycles. The maximum Gasteiger partial charge on any atom is 0.222 e. The minimum atomic E-state index is 0.264. The average Bonchev–Trinajstić information content (AvgIpc) is 2.59. The van der Waals surface area contributed by atoms with Crippen molar-refractivity contribution in [2.45, 2.75) is 39.0 Å². The number of nitrogens with zero attached hydrogens (tertiary/aromatic N) is 1. The van der Waals surface area contributed by atoms with E-state index < -0.39 is 0 Å². The summed E-state index contributed by atoms with van der Waals surface area (Å²) in [5, 5.41) is 0. The molecule has 0 spiro atoms. The first-order valence-electron chi connectivity index (χ1n) is 5.45. The second kappa shape index (κ2) is 5.78. The Morgan fingerprint density at radius 1 is 1.50 bits per heavy atom. The van der Waals surface area contributed by atoms with Crippen LogP contribution in [0.15, 0.2) is 0 Å². The van der Waals surface area contributed by atoms with Gasteiger partial charge in [-0.25, -0.2) is 0 Å². The van der Waals surface area contributed by atoms with Gasteiger partial charge in [0.1, 0.15) is 6.29 Å². The van der Waals surface area contributed by atoms with Crippen LogP contribution < -0.4 is 0 Å². The monoisotopic (exact) mass is 197 g/mol. The van der Waals surface area contributed by atoms with Crippen LogP contribution in [0.1, 0.15) is 39.0 Å². The molecule has 1 aliphatic heterocycles. The largest absolute Gasteiger partial charge is 0.342 e. The highest BCUT2D eigenvalue weighted by atomic mass is 16.2. The van der Waals surface area contributed by atoms with Crippen molar-refractivity contribution in [1.29, 1.82) is 0 Å². The van der Waals surface area contributed by atoms with Crippen molar-refractivity contribution >= 4 is 12.2 Å². The van der Waals surface area contributed by atoms with Gasteiger partial charge in [-0.15, -0.1) is 0 Å². The maximum absolute atomic E-state index is 11.6. The van der Waals surface area contributed by atoms with E-state index in [4.69, 9.17) is 0 Å². The number of carbonyl (C=O) groups is 2. The van der Waals surface area contributed by atoms with Crippen LogP contribution in [0.5, 0.6) is 0 Å². The van der Waals surface area contributed by atoms with Crippen LogP contribution in [-0.4, -0.2) is 30.2 Å². The van der Waals surface area contributed by atoms with Gasteiger partial charge in [0.25, 0.3) is 0 Å². The lowest BCUT2D eigenvalue weighted by Crippen LogP contribution is -2.28. The Morgan fingerprint density at radius 2 is 2.29 bits per heavy atom. The first-order valence-corrected chi connectivity index (χ1v) is 5.45. The van der Waals surface area contributed by atoms with Crippen molar-refractivity contribution in [2.24, 2.45) is 5.92 Å². The number of likely N-dealkylation sites (tertiary alicyclic amines) is 1. The molecule has 0 bridgehead atoms. The summed E-state index contributed by atoms with van der Waals surface area (Å²) in [5.74, 6) is 0.925. The van der Waals surface area contributed by atoms with Gasteiger partial charge in [-0.3, -0.25) is 4.79 Å². The van der Waals surface area contributed by atoms with E-state index in [1.165, 1.54) is 0 Å². The van der Waals surface area contributed by atoms with E-state index in [1.54, 1.807) is 0 Å². The molecule has 1 fully saturated rings. The van der Waals surface area contributed by atoms with Crippen molar-refractivity contribution in [3.63, 3.8) is 0 Å². The molecular weight excluding hydrogens is 178 g/mol. The Hall–Kier alpha value is -0.860. The topological polar surface area (TPSA) is 37.4 Å². The lowest BCUT2D eigenvalue weighted by atomic mass is 10.2. The second-order valence-electron chi connectivity index (χ2n) is 4.15. The summed E-state index contributed by atoms with van der Waals surface area (Å²) in [6, 6.07) is 0. The molecule has 0 aliphatic carbocycles. The smallest absolute Gasteiger partial charge is 0.222 e. The summed E-state index contributed by atoms with van der Waals surface area (Å²) in [4.78, 5) is 23.6. The highest BCUT2D eigenvalue weighted by Gasteiger charge is 2.22. The van der Waals surface area contributed by atoms with Crippen LogP contribution in [0.25, 0.3) is 0 Å². The Balaban J connectivity index is 2.12. The Kier molecular flexibility index (Phi) is 4.63. The van der Waals surface area contributed by atoms with Crippen LogP contribution in [0, 0.1) is 5.92 Å². The zero-order chi connectivity index (χ0) is 10.4. The molecule has 0 aromatic heterocycles. The third-order valence-electron chi connectivity index (χ3n) is 2.74. The number of unbranched alkanes of at least 4 members (excludes halogenated alkanes) is 2. The fraction of sp³-hybridized carbons (Fsp3) is 0.818. The SMILES string of the molecule is C[C@H]1CCN(C(=O)CCCCC=O)C1. The van der Waals surface area contributed by atoms with Crippen molar-refractivity contribution in [2.75, 3.05) is 13.1 Å². The lowest BCUT2D eigenvalue weighted by Gasteiger charge is -2.15. The minimum Gasteiger partial charge on any atom is -0.342 e. The molecule has 0 aromatic rings. The fourth-order valence-electron chi connectivity index (χ4n) is 1.82. The second-order valence-corrected chi connectivity index (χ2v) is 4.15. The van der Waals surface area contributed by atoms with Crippen LogP contribution in [0.2, 0.25) is 0 Å². The van der Waals surface area contributed by atoms with Crippen LogP contribution in [-0.2, 0) is 9.59 Å². The summed E-state index contributed by atoms with van der Waals surface area (Å²) in [7, 11) is 0. The molecule has 80 valence electrons. The molecule has 0 aromatic carbocycles. The number of carbonyl (C=O) groups excluding carboxylic acids is 2. The molecular formula is C11H19NO2. The fourth-order valence-corrected chi connectivity index (χ4v) is 1.82. The third kappa shape index (κ3) is 3.48. The van der Waals surface area contributed by atoms with E-state index in [0.29, 0.717) is 18.8 Å². The summed E-state index contributed by atoms with van der Waals surface area (Å²) in [5.41, 5.74) is 0. The third-order valence-corrected chi connectivity index (χ3v) is 2.74. The van der Waals surface area contributed by atoms with E-state index >= 15 is 0 Å². The normalized spacial score (nSPS) is 21.2. The summed E-state index contributed by atoms with van der Waals surface area (Å²) >= 11 is 0. The van der Waals surface area contributed by atoms with Crippen molar-refractivity contribution in [3.8, 4) is 0 Å². The molecule has 14 heavy (non-hydrogen) atoms. The zero-order valence-corrected chi connectivity index (χ0v) is 8.87. The molecule has 3 heteroatoms. The van der Waals surface area contributed by atoms with E-state index in [2.05, 4.69) is 6.92 Å². The number of rotatable bonds is 5. The van der Waals surface area contributed by atoms with Crippen molar-refractivity contribution < 1.29 is 9.59 Å². The predicted molar refractivity (Wildman–Crippen MR) is 54.9 cm³/mol. The van der Waals surface area contributed by atoms with Gasteiger partial charge in [0.05, 0.1) is 0 Å². The number of amides is 1.